The van der Waals surface area contributed by atoms with E-state index in [4.69, 9.17) is 0 Å². The summed E-state index contributed by atoms with van der Waals surface area (Å²) in [6.45, 7) is 9.35. The van der Waals surface area contributed by atoms with Crippen molar-refractivity contribution in [2.45, 2.75) is 65.2 Å². The van der Waals surface area contributed by atoms with Gasteiger partial charge in [0, 0.05) is 24.2 Å². The van der Waals surface area contributed by atoms with Crippen LogP contribution < -0.4 is 5.56 Å². The van der Waals surface area contributed by atoms with Gasteiger partial charge in [-0.1, -0.05) is 62.4 Å². The highest BCUT2D eigenvalue weighted by atomic mass is 19.1. The van der Waals surface area contributed by atoms with E-state index in [1.807, 2.05) is 41.1 Å². The summed E-state index contributed by atoms with van der Waals surface area (Å²) in [7, 11) is 0. The van der Waals surface area contributed by atoms with Gasteiger partial charge in [-0.2, -0.15) is 0 Å². The molecule has 0 amide bonds. The van der Waals surface area contributed by atoms with Gasteiger partial charge < -0.3 is 4.98 Å². The molecule has 0 radical (unpaired) electrons. The smallest absolute Gasteiger partial charge is 0.253 e. The summed E-state index contributed by atoms with van der Waals surface area (Å²) in [6.07, 6.45) is 1.68. The number of nitrogens with zero attached hydrogens (tertiary/aromatic N) is 5. The van der Waals surface area contributed by atoms with Gasteiger partial charge in [0.25, 0.3) is 5.56 Å². The van der Waals surface area contributed by atoms with Gasteiger partial charge in [-0.15, -0.1) is 5.10 Å². The molecule has 1 unspecified atom stereocenters. The Hall–Kier alpha value is -4.17. The predicted octanol–water partition coefficient (Wildman–Crippen LogP) is 6.15. The molecule has 5 aromatic rings. The van der Waals surface area contributed by atoms with Gasteiger partial charge in [0.05, 0.1) is 5.54 Å². The molecular formula is C32H35FN6O. The van der Waals surface area contributed by atoms with Crippen LogP contribution in [0, 0.1) is 5.82 Å². The molecule has 0 aliphatic rings. The number of aryl methyl sites for hydroxylation is 1. The lowest BCUT2D eigenvalue weighted by Crippen LogP contribution is -2.38. The van der Waals surface area contributed by atoms with Crippen LogP contribution in [-0.2, 0) is 25.0 Å². The van der Waals surface area contributed by atoms with E-state index in [1.165, 1.54) is 17.7 Å². The second kappa shape index (κ2) is 11.5. The van der Waals surface area contributed by atoms with Gasteiger partial charge in [0.2, 0.25) is 0 Å². The number of nitrogens with one attached hydrogen (secondary N) is 1. The molecule has 206 valence electrons. The number of benzene rings is 3. The first-order chi connectivity index (χ1) is 19.3. The first-order valence-corrected chi connectivity index (χ1v) is 13.8. The maximum absolute atomic E-state index is 13.8. The van der Waals surface area contributed by atoms with Crippen molar-refractivity contribution in [1.82, 2.24) is 30.1 Å². The van der Waals surface area contributed by atoms with E-state index in [2.05, 4.69) is 71.3 Å². The Kier molecular flexibility index (Phi) is 7.89. The zero-order valence-electron chi connectivity index (χ0n) is 23.4. The summed E-state index contributed by atoms with van der Waals surface area (Å²) >= 11 is 0. The largest absolute Gasteiger partial charge is 0.322 e. The van der Waals surface area contributed by atoms with Gasteiger partial charge in [-0.05, 0) is 89.5 Å². The molecule has 3 aromatic carbocycles. The number of pyridine rings is 1. The first kappa shape index (κ1) is 27.4. The van der Waals surface area contributed by atoms with E-state index in [1.54, 1.807) is 12.1 Å². The first-order valence-electron chi connectivity index (χ1n) is 13.8. The summed E-state index contributed by atoms with van der Waals surface area (Å²) in [6, 6.07) is 24.1. The number of fused-ring (bicyclic) bond motifs is 1. The van der Waals surface area contributed by atoms with Crippen molar-refractivity contribution in [1.29, 1.82) is 0 Å². The normalized spacial score (nSPS) is 12.8. The van der Waals surface area contributed by atoms with Crippen molar-refractivity contribution in [2.75, 3.05) is 0 Å². The molecule has 1 atom stereocenters. The van der Waals surface area contributed by atoms with E-state index in [9.17, 15) is 9.18 Å². The van der Waals surface area contributed by atoms with Gasteiger partial charge in [-0.3, -0.25) is 9.69 Å². The van der Waals surface area contributed by atoms with Crippen molar-refractivity contribution in [3.63, 3.8) is 0 Å². The fourth-order valence-corrected chi connectivity index (χ4v) is 5.02. The van der Waals surface area contributed by atoms with Crippen LogP contribution in [-0.4, -0.2) is 30.1 Å². The van der Waals surface area contributed by atoms with E-state index < -0.39 is 6.04 Å². The average molecular weight is 539 g/mol. The Morgan fingerprint density at radius 2 is 1.60 bits per heavy atom. The lowest BCUT2D eigenvalue weighted by molar-refractivity contribution is 0.180. The molecule has 0 bridgehead atoms. The van der Waals surface area contributed by atoms with E-state index in [0.29, 0.717) is 24.5 Å². The van der Waals surface area contributed by atoms with Crippen LogP contribution in [0.1, 0.15) is 68.2 Å². The number of rotatable bonds is 10. The van der Waals surface area contributed by atoms with E-state index in [-0.39, 0.29) is 16.9 Å². The SMILES string of the molecule is CCc1ccc2[nH]c(=O)c(C(c3nnnn3C(C)(C)CC)N(Cc3ccccc3)Cc3ccc(F)cc3)cc2c1. The standard InChI is InChI=1S/C32H35FN6O/c1-5-22-14-17-28-25(18-22)19-27(31(40)34-28)29(30-35-36-37-39(30)32(3,4)6-2)38(20-23-10-8-7-9-11-23)21-24-12-15-26(33)16-13-24/h7-19,29H,5-6,20-21H2,1-4H3,(H,34,40). The summed E-state index contributed by atoms with van der Waals surface area (Å²) < 4.78 is 15.7. The monoisotopic (exact) mass is 538 g/mol. The maximum Gasteiger partial charge on any atom is 0.253 e. The molecule has 0 saturated heterocycles. The third-order valence-electron chi connectivity index (χ3n) is 7.71. The molecule has 0 spiro atoms. The summed E-state index contributed by atoms with van der Waals surface area (Å²) in [5.41, 5.74) is 3.95. The molecule has 0 saturated carbocycles. The second-order valence-electron chi connectivity index (χ2n) is 10.9. The Morgan fingerprint density at radius 3 is 2.27 bits per heavy atom. The third kappa shape index (κ3) is 5.72. The number of tetrazole rings is 1. The summed E-state index contributed by atoms with van der Waals surface area (Å²) in [5, 5.41) is 14.0. The third-order valence-corrected chi connectivity index (χ3v) is 7.71. The Morgan fingerprint density at radius 1 is 0.925 bits per heavy atom. The highest BCUT2D eigenvalue weighted by Crippen LogP contribution is 2.33. The van der Waals surface area contributed by atoms with Crippen molar-refractivity contribution in [3.8, 4) is 0 Å². The zero-order valence-corrected chi connectivity index (χ0v) is 23.4. The quantitative estimate of drug-likeness (QED) is 0.231. The molecule has 0 aliphatic heterocycles. The number of H-pyrrole nitrogens is 1. The van der Waals surface area contributed by atoms with Gasteiger partial charge in [-0.25, -0.2) is 9.07 Å². The minimum atomic E-state index is -0.579. The summed E-state index contributed by atoms with van der Waals surface area (Å²) in [5.74, 6) is 0.294. The Bertz CT molecular complexity index is 1640. The topological polar surface area (TPSA) is 79.7 Å². The van der Waals surface area contributed by atoms with Crippen LogP contribution in [0.3, 0.4) is 0 Å². The van der Waals surface area contributed by atoms with Crippen LogP contribution >= 0.6 is 0 Å². The number of halogens is 1. The average Bonchev–Trinajstić information content (AvgIpc) is 3.45. The maximum atomic E-state index is 13.8. The molecule has 40 heavy (non-hydrogen) atoms. The molecular weight excluding hydrogens is 503 g/mol. The lowest BCUT2D eigenvalue weighted by atomic mass is 9.98. The second-order valence-corrected chi connectivity index (χ2v) is 10.9. The fraction of sp³-hybridized carbons (Fsp3) is 0.312. The minimum absolute atomic E-state index is 0.192. The van der Waals surface area contributed by atoms with Crippen LogP contribution in [0.2, 0.25) is 0 Å². The van der Waals surface area contributed by atoms with Crippen LogP contribution in [0.4, 0.5) is 4.39 Å². The molecule has 5 rings (SSSR count). The summed E-state index contributed by atoms with van der Waals surface area (Å²) in [4.78, 5) is 19.1. The van der Waals surface area contributed by atoms with Gasteiger partial charge in [0.15, 0.2) is 5.82 Å². The van der Waals surface area contributed by atoms with Gasteiger partial charge >= 0.3 is 0 Å². The molecule has 1 N–H and O–H groups in total. The van der Waals surface area contributed by atoms with Crippen LogP contribution in [0.5, 0.6) is 0 Å². The Balaban J connectivity index is 1.74. The minimum Gasteiger partial charge on any atom is -0.322 e. The molecule has 8 heteroatoms. The highest BCUT2D eigenvalue weighted by Gasteiger charge is 2.34. The van der Waals surface area contributed by atoms with Crippen molar-refractivity contribution in [3.05, 3.63) is 123 Å². The van der Waals surface area contributed by atoms with Crippen molar-refractivity contribution >= 4 is 10.9 Å². The highest BCUT2D eigenvalue weighted by molar-refractivity contribution is 5.80. The number of hydrogen-bond acceptors (Lipinski definition) is 5. The molecule has 2 aromatic heterocycles. The Labute approximate surface area is 233 Å². The number of aromatic amines is 1. The van der Waals surface area contributed by atoms with Crippen LogP contribution in [0.25, 0.3) is 10.9 Å². The van der Waals surface area contributed by atoms with E-state index in [0.717, 1.165) is 34.9 Å². The lowest BCUT2D eigenvalue weighted by Gasteiger charge is -2.33. The molecule has 7 nitrogen and oxygen atoms in total. The fourth-order valence-electron chi connectivity index (χ4n) is 5.02. The molecule has 2 heterocycles. The van der Waals surface area contributed by atoms with Crippen LogP contribution in [0.15, 0.2) is 83.7 Å². The number of aromatic nitrogens is 5. The zero-order chi connectivity index (χ0) is 28.3. The number of hydrogen-bond donors (Lipinski definition) is 1. The predicted molar refractivity (Wildman–Crippen MR) is 155 cm³/mol. The molecule has 0 aliphatic carbocycles. The van der Waals surface area contributed by atoms with Crippen molar-refractivity contribution in [2.24, 2.45) is 0 Å². The van der Waals surface area contributed by atoms with E-state index >= 15 is 0 Å². The van der Waals surface area contributed by atoms with Crippen molar-refractivity contribution < 1.29 is 4.39 Å². The molecule has 0 fully saturated rings. The van der Waals surface area contributed by atoms with Gasteiger partial charge in [0.1, 0.15) is 11.9 Å².